The summed E-state index contributed by atoms with van der Waals surface area (Å²) in [5.74, 6) is -0.254. The van der Waals surface area contributed by atoms with Gasteiger partial charge in [0.25, 0.3) is 0 Å². The highest BCUT2D eigenvalue weighted by atomic mass is 16.6. The van der Waals surface area contributed by atoms with E-state index < -0.39 is 5.60 Å². The lowest BCUT2D eigenvalue weighted by molar-refractivity contribution is 0.00695. The number of hydrogen-bond acceptors (Lipinski definition) is 2. The van der Waals surface area contributed by atoms with Crippen molar-refractivity contribution in [3.05, 3.63) is 41.0 Å². The van der Waals surface area contributed by atoms with E-state index in [0.29, 0.717) is 5.56 Å². The van der Waals surface area contributed by atoms with Crippen molar-refractivity contribution >= 4 is 12.0 Å². The molecule has 2 rings (SSSR count). The largest absolute Gasteiger partial charge is 0.456 e. The zero-order chi connectivity index (χ0) is 11.8. The molecule has 0 aliphatic heterocycles. The van der Waals surface area contributed by atoms with Gasteiger partial charge in [-0.15, -0.1) is 0 Å². The van der Waals surface area contributed by atoms with E-state index in [4.69, 9.17) is 4.74 Å². The summed E-state index contributed by atoms with van der Waals surface area (Å²) < 4.78 is 5.32. The predicted molar refractivity (Wildman–Crippen MR) is 64.3 cm³/mol. The molecule has 0 amide bonds. The molecular weight excluding hydrogens is 200 g/mol. The van der Waals surface area contributed by atoms with Gasteiger partial charge >= 0.3 is 5.97 Å². The summed E-state index contributed by atoms with van der Waals surface area (Å²) in [4.78, 5) is 11.8. The average molecular weight is 216 g/mol. The predicted octanol–water partition coefficient (Wildman–Crippen LogP) is 3.21. The van der Waals surface area contributed by atoms with Crippen molar-refractivity contribution in [2.24, 2.45) is 0 Å². The molecule has 2 heteroatoms. The van der Waals surface area contributed by atoms with E-state index >= 15 is 0 Å². The minimum atomic E-state index is -0.439. The summed E-state index contributed by atoms with van der Waals surface area (Å²) in [6.07, 6.45) is 5.11. The lowest BCUT2D eigenvalue weighted by Gasteiger charge is -2.19. The number of hydrogen-bond donors (Lipinski definition) is 0. The maximum atomic E-state index is 11.8. The van der Waals surface area contributed by atoms with Gasteiger partial charge in [-0.3, -0.25) is 0 Å². The van der Waals surface area contributed by atoms with Gasteiger partial charge in [0.2, 0.25) is 0 Å². The van der Waals surface area contributed by atoms with Gasteiger partial charge in [0, 0.05) is 0 Å². The third-order valence-corrected chi connectivity index (χ3v) is 2.42. The van der Waals surface area contributed by atoms with E-state index in [1.807, 2.05) is 45.0 Å². The molecule has 0 fully saturated rings. The molecule has 0 saturated heterocycles. The van der Waals surface area contributed by atoms with E-state index in [9.17, 15) is 4.79 Å². The number of allylic oxidation sites excluding steroid dienone is 1. The van der Waals surface area contributed by atoms with Crippen LogP contribution >= 0.6 is 0 Å². The molecule has 84 valence electrons. The Labute approximate surface area is 95.9 Å². The fourth-order valence-electron chi connectivity index (χ4n) is 1.71. The first-order valence-corrected chi connectivity index (χ1v) is 5.48. The molecule has 16 heavy (non-hydrogen) atoms. The number of carbonyl (C=O) groups is 1. The van der Waals surface area contributed by atoms with E-state index in [0.717, 1.165) is 12.0 Å². The standard InChI is InChI=1S/C14H16O2/c1-14(2,3)16-13(15)12-8-7-10-5-4-6-11(10)9-12/h4,6-9H,5H2,1-3H3. The van der Waals surface area contributed by atoms with Crippen molar-refractivity contribution in [3.8, 4) is 0 Å². The molecule has 1 aromatic carbocycles. The summed E-state index contributed by atoms with van der Waals surface area (Å²) in [5.41, 5.74) is 2.59. The molecule has 0 atom stereocenters. The lowest BCUT2D eigenvalue weighted by atomic mass is 10.1. The number of esters is 1. The molecule has 0 aromatic heterocycles. The van der Waals surface area contributed by atoms with Gasteiger partial charge in [-0.2, -0.15) is 0 Å². The first kappa shape index (κ1) is 10.9. The lowest BCUT2D eigenvalue weighted by Crippen LogP contribution is -2.23. The van der Waals surface area contributed by atoms with Gasteiger partial charge in [0.1, 0.15) is 5.60 Å². The number of rotatable bonds is 1. The summed E-state index contributed by atoms with van der Waals surface area (Å²) in [7, 11) is 0. The highest BCUT2D eigenvalue weighted by molar-refractivity contribution is 5.90. The summed E-state index contributed by atoms with van der Waals surface area (Å²) >= 11 is 0. The van der Waals surface area contributed by atoms with Crippen LogP contribution in [0.4, 0.5) is 0 Å². The van der Waals surface area contributed by atoms with Gasteiger partial charge in [-0.1, -0.05) is 18.2 Å². The van der Waals surface area contributed by atoms with Crippen LogP contribution in [0, 0.1) is 0 Å². The smallest absolute Gasteiger partial charge is 0.338 e. The molecule has 0 heterocycles. The van der Waals surface area contributed by atoms with E-state index in [-0.39, 0.29) is 5.97 Å². The second-order valence-electron chi connectivity index (χ2n) is 5.02. The van der Waals surface area contributed by atoms with Crippen molar-refractivity contribution in [1.29, 1.82) is 0 Å². The van der Waals surface area contributed by atoms with Crippen LogP contribution in [0.15, 0.2) is 24.3 Å². The normalized spacial score (nSPS) is 13.7. The zero-order valence-corrected chi connectivity index (χ0v) is 9.91. The Bertz CT molecular complexity index is 450. The number of carbonyl (C=O) groups excluding carboxylic acids is 1. The quantitative estimate of drug-likeness (QED) is 0.674. The van der Waals surface area contributed by atoms with E-state index in [1.54, 1.807) is 0 Å². The highest BCUT2D eigenvalue weighted by Crippen LogP contribution is 2.22. The van der Waals surface area contributed by atoms with Crippen LogP contribution in [-0.2, 0) is 11.2 Å². The fourth-order valence-corrected chi connectivity index (χ4v) is 1.71. The van der Waals surface area contributed by atoms with Crippen LogP contribution in [0.1, 0.15) is 42.3 Å². The second-order valence-corrected chi connectivity index (χ2v) is 5.02. The number of benzene rings is 1. The minimum Gasteiger partial charge on any atom is -0.456 e. The number of ether oxygens (including phenoxy) is 1. The molecule has 0 saturated carbocycles. The molecule has 0 spiro atoms. The Kier molecular flexibility index (Phi) is 2.58. The van der Waals surface area contributed by atoms with Crippen LogP contribution in [0.25, 0.3) is 6.08 Å². The molecule has 2 nitrogen and oxygen atoms in total. The minimum absolute atomic E-state index is 0.254. The van der Waals surface area contributed by atoms with E-state index in [2.05, 4.69) is 6.08 Å². The van der Waals surface area contributed by atoms with Crippen molar-refractivity contribution in [3.63, 3.8) is 0 Å². The Morgan fingerprint density at radius 1 is 1.31 bits per heavy atom. The number of fused-ring (bicyclic) bond motifs is 1. The van der Waals surface area contributed by atoms with Gasteiger partial charge in [0.05, 0.1) is 5.56 Å². The summed E-state index contributed by atoms with van der Waals surface area (Å²) in [6.45, 7) is 5.62. The first-order chi connectivity index (χ1) is 7.46. The first-order valence-electron chi connectivity index (χ1n) is 5.48. The van der Waals surface area contributed by atoms with Crippen molar-refractivity contribution in [2.75, 3.05) is 0 Å². The van der Waals surface area contributed by atoms with Crippen LogP contribution in [0.3, 0.4) is 0 Å². The SMILES string of the molecule is CC(C)(C)OC(=O)c1ccc2c(c1)C=CC2. The average Bonchev–Trinajstić information content (AvgIpc) is 2.61. The second kappa shape index (κ2) is 3.78. The summed E-state index contributed by atoms with van der Waals surface area (Å²) in [5, 5.41) is 0. The van der Waals surface area contributed by atoms with E-state index in [1.165, 1.54) is 5.56 Å². The van der Waals surface area contributed by atoms with Crippen molar-refractivity contribution in [2.45, 2.75) is 32.8 Å². The van der Waals surface area contributed by atoms with Gasteiger partial charge < -0.3 is 4.74 Å². The molecule has 0 bridgehead atoms. The zero-order valence-electron chi connectivity index (χ0n) is 9.91. The molecule has 1 aliphatic rings. The maximum Gasteiger partial charge on any atom is 0.338 e. The Hall–Kier alpha value is -1.57. The van der Waals surface area contributed by atoms with Crippen molar-refractivity contribution in [1.82, 2.24) is 0 Å². The molecule has 1 aromatic rings. The third kappa shape index (κ3) is 2.32. The summed E-state index contributed by atoms with van der Waals surface area (Å²) in [6, 6.07) is 5.72. The molecule has 0 radical (unpaired) electrons. The van der Waals surface area contributed by atoms with Crippen LogP contribution in [0.2, 0.25) is 0 Å². The van der Waals surface area contributed by atoms with Gasteiger partial charge in [0.15, 0.2) is 0 Å². The molecule has 0 N–H and O–H groups in total. The Morgan fingerprint density at radius 2 is 2.06 bits per heavy atom. The third-order valence-electron chi connectivity index (χ3n) is 2.42. The fraction of sp³-hybridized carbons (Fsp3) is 0.357. The van der Waals surface area contributed by atoms with Crippen molar-refractivity contribution < 1.29 is 9.53 Å². The Morgan fingerprint density at radius 3 is 2.75 bits per heavy atom. The molecule has 1 aliphatic carbocycles. The molecular formula is C14H16O2. The Balaban J connectivity index is 2.22. The highest BCUT2D eigenvalue weighted by Gasteiger charge is 2.18. The van der Waals surface area contributed by atoms with Crippen LogP contribution in [0.5, 0.6) is 0 Å². The van der Waals surface area contributed by atoms with Gasteiger partial charge in [-0.05, 0) is 50.5 Å². The van der Waals surface area contributed by atoms with Crippen LogP contribution < -0.4 is 0 Å². The maximum absolute atomic E-state index is 11.8. The monoisotopic (exact) mass is 216 g/mol. The van der Waals surface area contributed by atoms with Crippen LogP contribution in [-0.4, -0.2) is 11.6 Å². The molecule has 0 unspecified atom stereocenters. The topological polar surface area (TPSA) is 26.3 Å². The van der Waals surface area contributed by atoms with Gasteiger partial charge in [-0.25, -0.2) is 4.79 Å².